The van der Waals surface area contributed by atoms with Crippen molar-refractivity contribution in [2.24, 2.45) is 0 Å². The molecule has 5 heterocycles. The number of para-hydroxylation sites is 5. The van der Waals surface area contributed by atoms with E-state index >= 15 is 0 Å². The van der Waals surface area contributed by atoms with Crippen LogP contribution in [-0.2, 0) is 0 Å². The van der Waals surface area contributed by atoms with E-state index in [0.717, 1.165) is 16.9 Å². The van der Waals surface area contributed by atoms with Crippen molar-refractivity contribution in [1.82, 2.24) is 9.13 Å². The zero-order valence-corrected chi connectivity index (χ0v) is 64.5. The fraction of sp³-hybridized carbons (Fsp3) is 0. The first-order valence-electron chi connectivity index (χ1n) is 39.5. The Morgan fingerprint density at radius 2 is 0.496 bits per heavy atom. The number of rotatable bonds is 9. The Labute approximate surface area is 673 Å². The van der Waals surface area contributed by atoms with Crippen LogP contribution in [0, 0.1) is 0 Å². The lowest BCUT2D eigenvalue weighted by atomic mass is 9.84. The fourth-order valence-electron chi connectivity index (χ4n) is 19.8. The van der Waals surface area contributed by atoms with E-state index in [4.69, 9.17) is 0 Å². The molecule has 0 unspecified atom stereocenters. The van der Waals surface area contributed by atoms with Crippen molar-refractivity contribution in [3.8, 4) is 89.3 Å². The maximum Gasteiger partial charge on any atom is 0.0619 e. The van der Waals surface area contributed by atoms with E-state index in [0.29, 0.717) is 0 Å². The Kier molecular flexibility index (Phi) is 14.2. The van der Waals surface area contributed by atoms with E-state index in [-0.39, 0.29) is 0 Å². The van der Waals surface area contributed by atoms with Crippen molar-refractivity contribution < 1.29 is 0 Å². The first-order chi connectivity index (χ1) is 57.1. The maximum absolute atomic E-state index is 2.54. The van der Waals surface area contributed by atoms with Crippen molar-refractivity contribution in [2.45, 2.75) is 0 Å². The standard InChI is InChI=1S/C110H64N2S3/c1-3-27-68(28-4-1)111-99-54-12-9-32-75(99)87-46-20-44-85(106(87)111)71-35-16-40-81-95(71)63-96-72(36-17-41-82(96)104(81)80-39-15-26-65-25-7-8-31-70(65)80)86-45-21-47-88-76-59-57-66(61-100(76)112(107(86)88)69-29-5-2-6-30-69)67-58-60-79-93-51-23-49-90(109(93)115-103(79)62-67)74-38-19-43-84-98(74)64-97-73(89-48-22-50-91-77-33-10-13-55-101(77)113-108(89)91)37-18-42-83(97)105(84)94-53-24-52-92-78-34-11-14-56-102(78)114-110(92)94/h1-64H. The first kappa shape index (κ1) is 64.6. The lowest BCUT2D eigenvalue weighted by molar-refractivity contribution is 1.18. The number of benzene rings is 20. The molecule has 0 atom stereocenters. The number of aromatic nitrogens is 2. The third-order valence-corrected chi connectivity index (χ3v) is 28.4. The minimum absolute atomic E-state index is 1.11. The predicted octanol–water partition coefficient (Wildman–Crippen LogP) is 32.4. The van der Waals surface area contributed by atoms with Gasteiger partial charge in [-0.15, -0.1) is 34.0 Å². The van der Waals surface area contributed by atoms with E-state index in [1.54, 1.807) is 0 Å². The topological polar surface area (TPSA) is 9.86 Å². The first-order valence-corrected chi connectivity index (χ1v) is 42.0. The average molecular weight is 1510 g/mol. The number of hydrogen-bond acceptors (Lipinski definition) is 3. The molecule has 0 spiro atoms. The Hall–Kier alpha value is -14.0. The van der Waals surface area contributed by atoms with Crippen molar-refractivity contribution in [3.05, 3.63) is 388 Å². The van der Waals surface area contributed by atoms with Gasteiger partial charge in [0.05, 0.1) is 22.1 Å². The van der Waals surface area contributed by atoms with Crippen LogP contribution in [0.3, 0.4) is 0 Å². The second-order valence-electron chi connectivity index (χ2n) is 30.7. The van der Waals surface area contributed by atoms with Gasteiger partial charge < -0.3 is 9.13 Å². The number of hydrogen-bond donors (Lipinski definition) is 0. The second kappa shape index (κ2) is 25.2. The van der Waals surface area contributed by atoms with Gasteiger partial charge in [0.2, 0.25) is 0 Å². The van der Waals surface area contributed by atoms with Crippen LogP contribution in [0.5, 0.6) is 0 Å². The summed E-state index contributed by atoms with van der Waals surface area (Å²) in [7, 11) is 0. The molecule has 0 bridgehead atoms. The predicted molar refractivity (Wildman–Crippen MR) is 499 cm³/mol. The summed E-state index contributed by atoms with van der Waals surface area (Å²) in [5.41, 5.74) is 24.1. The molecule has 115 heavy (non-hydrogen) atoms. The summed E-state index contributed by atoms with van der Waals surface area (Å²) in [6, 6.07) is 147. The SMILES string of the molecule is c1ccc(-n2c3ccccc3c3cccc(-c4cccc5c(-c6cccc7ccccc67)c6cccc(-c7cccc8c9ccc(-c%10ccc%11c(c%10)sc%10c(-c%12cccc%13c(-c%14cccc%15c%14sc%14ccccc%14%15)c%14cccc(-c%15cccc%16c%15sc%15ccccc%15%16)c%14cc%12%13)cccc%10%11)cc9n(-c9ccccc9)c78)c6cc45)c32)cc1. The highest BCUT2D eigenvalue weighted by atomic mass is 32.1. The lowest BCUT2D eigenvalue weighted by Gasteiger charge is -2.20. The van der Waals surface area contributed by atoms with E-state index < -0.39 is 0 Å². The second-order valence-corrected chi connectivity index (χ2v) is 33.8. The Bertz CT molecular complexity index is 8470. The van der Waals surface area contributed by atoms with Gasteiger partial charge in [-0.25, -0.2) is 0 Å². The molecule has 0 radical (unpaired) electrons. The molecule has 0 saturated carbocycles. The van der Waals surface area contributed by atoms with E-state index in [9.17, 15) is 0 Å². The summed E-state index contributed by atoms with van der Waals surface area (Å²) in [5, 5.41) is 24.9. The largest absolute Gasteiger partial charge is 0.309 e. The number of thiophene rings is 3. The van der Waals surface area contributed by atoms with Crippen molar-refractivity contribution >= 4 is 192 Å². The van der Waals surface area contributed by atoms with E-state index in [1.807, 2.05) is 34.0 Å². The van der Waals surface area contributed by atoms with Gasteiger partial charge in [-0.2, -0.15) is 0 Å². The Morgan fingerprint density at radius 3 is 1.03 bits per heavy atom. The lowest BCUT2D eigenvalue weighted by Crippen LogP contribution is -1.97. The summed E-state index contributed by atoms with van der Waals surface area (Å²) in [5.74, 6) is 0. The molecule has 0 aliphatic heterocycles. The minimum Gasteiger partial charge on any atom is -0.309 e. The highest BCUT2D eigenvalue weighted by molar-refractivity contribution is 7.27. The van der Waals surface area contributed by atoms with Gasteiger partial charge in [0, 0.05) is 121 Å². The summed E-state index contributed by atoms with van der Waals surface area (Å²) < 4.78 is 12.8. The quantitative estimate of drug-likeness (QED) is 0.128. The van der Waals surface area contributed by atoms with Gasteiger partial charge in [-0.05, 0) is 171 Å². The van der Waals surface area contributed by atoms with Crippen molar-refractivity contribution in [2.75, 3.05) is 0 Å². The molecular formula is C110H64N2S3. The molecule has 0 amide bonds. The molecule has 0 saturated heterocycles. The zero-order chi connectivity index (χ0) is 75.1. The van der Waals surface area contributed by atoms with Crippen LogP contribution >= 0.6 is 34.0 Å². The summed E-state index contributed by atoms with van der Waals surface area (Å²) >= 11 is 5.73. The Balaban J connectivity index is 0.676. The molecule has 532 valence electrons. The van der Waals surface area contributed by atoms with Crippen LogP contribution in [0.4, 0.5) is 0 Å². The zero-order valence-electron chi connectivity index (χ0n) is 62.1. The number of nitrogens with zero attached hydrogens (tertiary/aromatic N) is 2. The fourth-order valence-corrected chi connectivity index (χ4v) is 23.5. The normalized spacial score (nSPS) is 12.2. The van der Waals surface area contributed by atoms with Gasteiger partial charge in [0.1, 0.15) is 0 Å². The Morgan fingerprint density at radius 1 is 0.165 bits per heavy atom. The molecule has 2 nitrogen and oxygen atoms in total. The number of fused-ring (bicyclic) bond motifs is 20. The molecular weight excluding hydrogens is 1450 g/mol. The monoisotopic (exact) mass is 1510 g/mol. The molecule has 0 aliphatic carbocycles. The van der Waals surface area contributed by atoms with Crippen LogP contribution in [0.1, 0.15) is 0 Å². The third kappa shape index (κ3) is 9.61. The summed E-state index contributed by atoms with van der Waals surface area (Å²) in [6.07, 6.45) is 0. The molecule has 5 heteroatoms. The van der Waals surface area contributed by atoms with Crippen molar-refractivity contribution in [3.63, 3.8) is 0 Å². The van der Waals surface area contributed by atoms with Crippen LogP contribution in [0.2, 0.25) is 0 Å². The molecule has 25 aromatic rings. The minimum atomic E-state index is 1.11. The highest BCUT2D eigenvalue weighted by Crippen LogP contribution is 2.54. The van der Waals surface area contributed by atoms with E-state index in [2.05, 4.69) is 397 Å². The van der Waals surface area contributed by atoms with Crippen LogP contribution in [0.15, 0.2) is 388 Å². The summed E-state index contributed by atoms with van der Waals surface area (Å²) in [6.45, 7) is 0. The summed E-state index contributed by atoms with van der Waals surface area (Å²) in [4.78, 5) is 0. The van der Waals surface area contributed by atoms with Crippen LogP contribution < -0.4 is 0 Å². The van der Waals surface area contributed by atoms with Gasteiger partial charge >= 0.3 is 0 Å². The molecule has 0 aliphatic rings. The van der Waals surface area contributed by atoms with Gasteiger partial charge in [0.15, 0.2) is 0 Å². The molecule has 5 aromatic heterocycles. The van der Waals surface area contributed by atoms with Crippen LogP contribution in [0.25, 0.3) is 247 Å². The third-order valence-electron chi connectivity index (χ3n) is 24.7. The highest BCUT2D eigenvalue weighted by Gasteiger charge is 2.27. The molecule has 0 N–H and O–H groups in total. The van der Waals surface area contributed by atoms with Gasteiger partial charge in [-0.3, -0.25) is 0 Å². The molecule has 25 rings (SSSR count). The smallest absolute Gasteiger partial charge is 0.0619 e. The maximum atomic E-state index is 2.54. The van der Waals surface area contributed by atoms with Crippen LogP contribution in [-0.4, -0.2) is 9.13 Å². The van der Waals surface area contributed by atoms with Gasteiger partial charge in [0.25, 0.3) is 0 Å². The van der Waals surface area contributed by atoms with E-state index in [1.165, 1.54) is 230 Å². The molecule has 0 fully saturated rings. The van der Waals surface area contributed by atoms with Gasteiger partial charge in [-0.1, -0.05) is 322 Å². The van der Waals surface area contributed by atoms with Crippen molar-refractivity contribution in [1.29, 1.82) is 0 Å². The average Bonchev–Trinajstić information content (AvgIpc) is 1.70. The molecule has 20 aromatic carbocycles.